The third-order valence-electron chi connectivity index (χ3n) is 5.05. The summed E-state index contributed by atoms with van der Waals surface area (Å²) in [5, 5.41) is 0. The maximum Gasteiger partial charge on any atom is 0.0851 e. The van der Waals surface area contributed by atoms with Gasteiger partial charge in [-0.15, -0.1) is 0 Å². The molecule has 3 aromatic rings. The highest BCUT2D eigenvalue weighted by molar-refractivity contribution is 6.05. The summed E-state index contributed by atoms with van der Waals surface area (Å²) in [5.74, 6) is 0. The highest BCUT2D eigenvalue weighted by Crippen LogP contribution is 2.35. The highest BCUT2D eigenvalue weighted by Gasteiger charge is 2.18. The average Bonchev–Trinajstić information content (AvgIpc) is 3.22. The van der Waals surface area contributed by atoms with Gasteiger partial charge in [-0.3, -0.25) is 15.0 Å². The van der Waals surface area contributed by atoms with Crippen molar-refractivity contribution in [1.29, 1.82) is 0 Å². The van der Waals surface area contributed by atoms with Crippen LogP contribution in [0.2, 0.25) is 0 Å². The van der Waals surface area contributed by atoms with Crippen LogP contribution in [-0.4, -0.2) is 16.4 Å². The second-order valence-electron chi connectivity index (χ2n) is 7.11. The van der Waals surface area contributed by atoms with Crippen LogP contribution in [0, 0.1) is 6.92 Å². The van der Waals surface area contributed by atoms with Crippen LogP contribution in [0.15, 0.2) is 64.6 Å². The molecule has 0 N–H and O–H groups in total. The van der Waals surface area contributed by atoms with Crippen molar-refractivity contribution in [3.63, 3.8) is 0 Å². The molecule has 126 valence electrons. The molecule has 0 bridgehead atoms. The van der Waals surface area contributed by atoms with E-state index in [9.17, 15) is 0 Å². The molecule has 3 nitrogen and oxygen atoms in total. The predicted octanol–water partition coefficient (Wildman–Crippen LogP) is 5.38. The first-order chi connectivity index (χ1) is 12.7. The van der Waals surface area contributed by atoms with Crippen LogP contribution in [-0.2, 0) is 12.8 Å². The molecule has 0 aliphatic carbocycles. The van der Waals surface area contributed by atoms with E-state index in [1.54, 1.807) is 0 Å². The van der Waals surface area contributed by atoms with Gasteiger partial charge >= 0.3 is 0 Å². The summed E-state index contributed by atoms with van der Waals surface area (Å²) >= 11 is 0. The van der Waals surface area contributed by atoms with Crippen molar-refractivity contribution in [3.05, 3.63) is 77.1 Å². The van der Waals surface area contributed by atoms with E-state index >= 15 is 0 Å². The summed E-state index contributed by atoms with van der Waals surface area (Å²) in [6.07, 6.45) is 1.80. The van der Waals surface area contributed by atoms with Gasteiger partial charge in [0.2, 0.25) is 0 Å². The second-order valence-corrected chi connectivity index (χ2v) is 7.11. The van der Waals surface area contributed by atoms with E-state index in [0.717, 1.165) is 41.3 Å². The van der Waals surface area contributed by atoms with Gasteiger partial charge in [0.05, 0.1) is 22.8 Å². The third kappa shape index (κ3) is 2.57. The molecule has 26 heavy (non-hydrogen) atoms. The van der Waals surface area contributed by atoms with Crippen molar-refractivity contribution in [2.75, 3.05) is 0 Å². The van der Waals surface area contributed by atoms with Crippen molar-refractivity contribution < 1.29 is 0 Å². The molecule has 0 spiro atoms. The van der Waals surface area contributed by atoms with Gasteiger partial charge in [-0.25, -0.2) is 0 Å². The van der Waals surface area contributed by atoms with Crippen molar-refractivity contribution in [1.82, 2.24) is 4.98 Å². The van der Waals surface area contributed by atoms with Gasteiger partial charge in [-0.2, -0.15) is 0 Å². The Bertz CT molecular complexity index is 1110. The standard InChI is InChI=1S/C23H19N3/c1-14-4-3-5-22(24-14)23-13-19-12-17(7-9-21(19)26-23)16-6-8-20-18(11-16)10-15(2)25-20/h3-9,11-12H,10,13H2,1-2H3. The van der Waals surface area contributed by atoms with Gasteiger partial charge in [0.15, 0.2) is 0 Å². The minimum Gasteiger partial charge on any atom is -0.257 e. The number of benzene rings is 2. The van der Waals surface area contributed by atoms with Gasteiger partial charge in [-0.1, -0.05) is 18.2 Å². The van der Waals surface area contributed by atoms with Crippen LogP contribution in [0.5, 0.6) is 0 Å². The maximum atomic E-state index is 4.80. The minimum atomic E-state index is 0.840. The molecular weight excluding hydrogens is 318 g/mol. The Labute approximate surface area is 153 Å². The van der Waals surface area contributed by atoms with E-state index in [1.807, 2.05) is 25.1 Å². The summed E-state index contributed by atoms with van der Waals surface area (Å²) in [4.78, 5) is 14.0. The smallest absolute Gasteiger partial charge is 0.0851 e. The predicted molar refractivity (Wildman–Crippen MR) is 107 cm³/mol. The fourth-order valence-electron chi connectivity index (χ4n) is 3.77. The zero-order chi connectivity index (χ0) is 17.7. The van der Waals surface area contributed by atoms with E-state index in [1.165, 1.54) is 28.0 Å². The van der Waals surface area contributed by atoms with Crippen molar-refractivity contribution in [2.45, 2.75) is 26.7 Å². The van der Waals surface area contributed by atoms with E-state index in [-0.39, 0.29) is 0 Å². The Morgan fingerprint density at radius 2 is 1.42 bits per heavy atom. The summed E-state index contributed by atoms with van der Waals surface area (Å²) < 4.78 is 0. The number of hydrogen-bond acceptors (Lipinski definition) is 3. The normalized spacial score (nSPS) is 14.7. The number of pyridine rings is 1. The van der Waals surface area contributed by atoms with Crippen LogP contribution < -0.4 is 0 Å². The zero-order valence-electron chi connectivity index (χ0n) is 15.0. The van der Waals surface area contributed by atoms with Gasteiger partial charge in [0.1, 0.15) is 0 Å². The Morgan fingerprint density at radius 1 is 0.731 bits per heavy atom. The molecule has 2 aliphatic heterocycles. The summed E-state index contributed by atoms with van der Waals surface area (Å²) in [6.45, 7) is 4.11. The van der Waals surface area contributed by atoms with Crippen LogP contribution in [0.25, 0.3) is 11.1 Å². The van der Waals surface area contributed by atoms with Crippen LogP contribution in [0.1, 0.15) is 29.4 Å². The lowest BCUT2D eigenvalue weighted by Crippen LogP contribution is -2.03. The molecule has 0 amide bonds. The van der Waals surface area contributed by atoms with Gasteiger partial charge in [0.25, 0.3) is 0 Å². The zero-order valence-corrected chi connectivity index (χ0v) is 15.0. The molecule has 2 aliphatic rings. The quantitative estimate of drug-likeness (QED) is 0.618. The van der Waals surface area contributed by atoms with Gasteiger partial charge in [0, 0.05) is 24.2 Å². The van der Waals surface area contributed by atoms with Gasteiger partial charge in [-0.05, 0) is 72.5 Å². The second kappa shape index (κ2) is 5.73. The number of fused-ring (bicyclic) bond motifs is 2. The fraction of sp³-hybridized carbons (Fsp3) is 0.174. The van der Waals surface area contributed by atoms with Crippen molar-refractivity contribution in [3.8, 4) is 11.1 Å². The molecule has 0 saturated heterocycles. The van der Waals surface area contributed by atoms with E-state index in [0.29, 0.717) is 0 Å². The third-order valence-corrected chi connectivity index (χ3v) is 5.05. The highest BCUT2D eigenvalue weighted by atomic mass is 14.8. The fourth-order valence-corrected chi connectivity index (χ4v) is 3.77. The Hall–Kier alpha value is -3.07. The first-order valence-electron chi connectivity index (χ1n) is 8.98. The van der Waals surface area contributed by atoms with Crippen molar-refractivity contribution in [2.24, 2.45) is 9.98 Å². The lowest BCUT2D eigenvalue weighted by Gasteiger charge is -2.07. The molecule has 0 atom stereocenters. The van der Waals surface area contributed by atoms with Crippen molar-refractivity contribution >= 4 is 22.8 Å². The van der Waals surface area contributed by atoms with E-state index < -0.39 is 0 Å². The topological polar surface area (TPSA) is 37.6 Å². The Morgan fingerprint density at radius 3 is 2.15 bits per heavy atom. The number of aryl methyl sites for hydroxylation is 1. The van der Waals surface area contributed by atoms with E-state index in [4.69, 9.17) is 4.99 Å². The summed E-state index contributed by atoms with van der Waals surface area (Å²) in [5.41, 5.74) is 11.5. The minimum absolute atomic E-state index is 0.840. The lowest BCUT2D eigenvalue weighted by atomic mass is 9.97. The number of aromatic nitrogens is 1. The maximum absolute atomic E-state index is 4.80. The molecule has 3 heterocycles. The SMILES string of the molecule is CC1=Nc2ccc(-c3ccc4c(c3)CC(c3cccc(C)n3)=N4)cc2C1. The Balaban J connectivity index is 1.46. The number of nitrogens with zero attached hydrogens (tertiary/aromatic N) is 3. The summed E-state index contributed by atoms with van der Waals surface area (Å²) in [7, 11) is 0. The molecule has 3 heteroatoms. The van der Waals surface area contributed by atoms with Gasteiger partial charge < -0.3 is 0 Å². The molecular formula is C23H19N3. The average molecular weight is 337 g/mol. The molecule has 0 fully saturated rings. The first-order valence-corrected chi connectivity index (χ1v) is 8.98. The first kappa shape index (κ1) is 15.2. The van der Waals surface area contributed by atoms with Crippen LogP contribution in [0.4, 0.5) is 11.4 Å². The molecule has 0 saturated carbocycles. The monoisotopic (exact) mass is 337 g/mol. The lowest BCUT2D eigenvalue weighted by molar-refractivity contribution is 1.17. The van der Waals surface area contributed by atoms with E-state index in [2.05, 4.69) is 53.3 Å². The summed E-state index contributed by atoms with van der Waals surface area (Å²) in [6, 6.07) is 19.2. The Kier molecular flexibility index (Phi) is 3.35. The molecule has 0 radical (unpaired) electrons. The number of aliphatic imine (C=N–C) groups is 2. The molecule has 1 aromatic heterocycles. The number of rotatable bonds is 2. The molecule has 5 rings (SSSR count). The molecule has 0 unspecified atom stereocenters. The largest absolute Gasteiger partial charge is 0.257 e. The molecule has 2 aromatic carbocycles. The van der Waals surface area contributed by atoms with Crippen LogP contribution in [0.3, 0.4) is 0 Å². The van der Waals surface area contributed by atoms with Crippen LogP contribution >= 0.6 is 0 Å². The number of hydrogen-bond donors (Lipinski definition) is 0.